The fraction of sp³-hybridized carbons (Fsp3) is 0.852. The molecule has 4 atom stereocenters. The molecule has 1 fully saturated rings. The van der Waals surface area contributed by atoms with E-state index in [1.165, 1.54) is 13.0 Å². The van der Waals surface area contributed by atoms with Crippen LogP contribution in [0.15, 0.2) is 11.8 Å². The molecular formula is C27H43F3O6S. The summed E-state index contributed by atoms with van der Waals surface area (Å²) in [4.78, 5) is 25.0. The van der Waals surface area contributed by atoms with Gasteiger partial charge in [0.15, 0.2) is 0 Å². The second-order valence-corrected chi connectivity index (χ2v) is 14.3. The summed E-state index contributed by atoms with van der Waals surface area (Å²) in [6, 6.07) is 0. The maximum Gasteiger partial charge on any atom is 0.534 e. The molecule has 0 bridgehead atoms. The fourth-order valence-corrected chi connectivity index (χ4v) is 7.05. The van der Waals surface area contributed by atoms with Crippen molar-refractivity contribution < 1.29 is 40.1 Å². The molecule has 1 saturated carbocycles. The number of halogens is 3. The summed E-state index contributed by atoms with van der Waals surface area (Å²) in [7, 11) is -5.79. The van der Waals surface area contributed by atoms with Gasteiger partial charge in [-0.15, -0.1) is 0 Å². The number of esters is 1. The molecule has 0 unspecified atom stereocenters. The summed E-state index contributed by atoms with van der Waals surface area (Å²) in [5.74, 6) is -0.488. The van der Waals surface area contributed by atoms with Crippen molar-refractivity contribution >= 4 is 21.9 Å². The van der Waals surface area contributed by atoms with Gasteiger partial charge in [0.25, 0.3) is 0 Å². The van der Waals surface area contributed by atoms with E-state index in [1.54, 1.807) is 6.92 Å². The first-order valence-electron chi connectivity index (χ1n) is 12.9. The molecule has 2 aliphatic rings. The van der Waals surface area contributed by atoms with Crippen LogP contribution in [0, 0.1) is 27.1 Å². The second-order valence-electron chi connectivity index (χ2n) is 12.8. The number of Topliss-reactive ketones (excluding diaryl/α,β-unsaturated/α-hetero) is 1. The zero-order chi connectivity index (χ0) is 28.9. The molecule has 37 heavy (non-hydrogen) atoms. The highest BCUT2D eigenvalue weighted by Crippen LogP contribution is 2.64. The summed E-state index contributed by atoms with van der Waals surface area (Å²) in [5.41, 5.74) is -8.80. The molecule has 2 aliphatic carbocycles. The number of hydrogen-bond acceptors (Lipinski definition) is 6. The van der Waals surface area contributed by atoms with Crippen LogP contribution >= 0.6 is 0 Å². The highest BCUT2D eigenvalue weighted by molar-refractivity contribution is 7.87. The van der Waals surface area contributed by atoms with Gasteiger partial charge in [0, 0.05) is 24.2 Å². The average molecular weight is 553 g/mol. The van der Waals surface area contributed by atoms with Crippen molar-refractivity contribution in [1.29, 1.82) is 0 Å². The van der Waals surface area contributed by atoms with E-state index in [-0.39, 0.29) is 23.6 Å². The lowest BCUT2D eigenvalue weighted by Gasteiger charge is -2.59. The Balaban J connectivity index is 2.40. The lowest BCUT2D eigenvalue weighted by atomic mass is 9.45. The van der Waals surface area contributed by atoms with Crippen LogP contribution in [0.25, 0.3) is 0 Å². The second kappa shape index (κ2) is 9.87. The number of rotatable bonds is 9. The van der Waals surface area contributed by atoms with E-state index in [0.717, 1.165) is 0 Å². The smallest absolute Gasteiger partial charge is 0.463 e. The topological polar surface area (TPSA) is 86.7 Å². The number of ketones is 1. The predicted octanol–water partition coefficient (Wildman–Crippen LogP) is 7.09. The number of allylic oxidation sites excluding steroid dienone is 2. The third-order valence-corrected chi connectivity index (χ3v) is 11.1. The Hall–Kier alpha value is -1.58. The Bertz CT molecular complexity index is 1040. The molecule has 0 amide bonds. The van der Waals surface area contributed by atoms with E-state index in [1.807, 2.05) is 27.7 Å². The van der Waals surface area contributed by atoms with E-state index in [2.05, 4.69) is 20.8 Å². The van der Waals surface area contributed by atoms with Crippen molar-refractivity contribution in [1.82, 2.24) is 0 Å². The van der Waals surface area contributed by atoms with Gasteiger partial charge in [-0.3, -0.25) is 9.59 Å². The number of alkyl halides is 3. The Kier molecular flexibility index (Phi) is 8.44. The number of ether oxygens (including phenoxy) is 1. The van der Waals surface area contributed by atoms with Gasteiger partial charge < -0.3 is 8.92 Å². The van der Waals surface area contributed by atoms with Gasteiger partial charge in [-0.05, 0) is 60.8 Å². The minimum Gasteiger partial charge on any atom is -0.463 e. The summed E-state index contributed by atoms with van der Waals surface area (Å²) >= 11 is 0. The zero-order valence-corrected chi connectivity index (χ0v) is 24.4. The predicted molar refractivity (Wildman–Crippen MR) is 135 cm³/mol. The van der Waals surface area contributed by atoms with Gasteiger partial charge >= 0.3 is 21.6 Å². The third kappa shape index (κ3) is 5.46. The Morgan fingerprint density at radius 2 is 1.68 bits per heavy atom. The average Bonchev–Trinajstić information content (AvgIpc) is 2.96. The highest BCUT2D eigenvalue weighted by atomic mass is 32.2. The minimum absolute atomic E-state index is 0.0764. The number of carbonyl (C=O) groups excluding carboxylic acids is 2. The molecule has 0 heterocycles. The number of hydrogen-bond donors (Lipinski definition) is 0. The molecule has 6 nitrogen and oxygen atoms in total. The van der Waals surface area contributed by atoms with Crippen molar-refractivity contribution in [2.24, 2.45) is 27.1 Å². The molecular weight excluding hydrogens is 509 g/mol. The van der Waals surface area contributed by atoms with Crippen LogP contribution in [0.3, 0.4) is 0 Å². The lowest BCUT2D eigenvalue weighted by molar-refractivity contribution is -0.172. The summed E-state index contributed by atoms with van der Waals surface area (Å²) in [6.07, 6.45) is 4.31. The lowest BCUT2D eigenvalue weighted by Crippen LogP contribution is -2.57. The standard InChI is InChI=1S/C27H43F3O6S/c1-10-20(32)25(8)17-19(35-18(2)31)11-14-26(25,9)23(5,6)15-16-24(7)21(12-13-22(24,3)4)36-37(33,34)27(28,29)30/h12,19H,10-11,13-17H2,1-9H3/t19-,24+,25+,26+/m0/s1. The fourth-order valence-electron chi connectivity index (χ4n) is 6.46. The molecule has 0 aliphatic heterocycles. The van der Waals surface area contributed by atoms with Gasteiger partial charge in [0.2, 0.25) is 0 Å². The van der Waals surface area contributed by atoms with Crippen LogP contribution in [0.5, 0.6) is 0 Å². The maximum absolute atomic E-state index is 13.4. The van der Waals surface area contributed by atoms with Crippen LogP contribution < -0.4 is 0 Å². The van der Waals surface area contributed by atoms with E-state index in [0.29, 0.717) is 44.9 Å². The van der Waals surface area contributed by atoms with Crippen LogP contribution in [0.2, 0.25) is 0 Å². The van der Waals surface area contributed by atoms with Crippen molar-refractivity contribution in [3.8, 4) is 0 Å². The number of carbonyl (C=O) groups is 2. The van der Waals surface area contributed by atoms with Gasteiger partial charge in [0.05, 0.1) is 0 Å². The highest BCUT2D eigenvalue weighted by Gasteiger charge is 2.61. The minimum atomic E-state index is -5.79. The molecule has 214 valence electrons. The molecule has 0 saturated heterocycles. The molecule has 10 heteroatoms. The molecule has 0 spiro atoms. The Morgan fingerprint density at radius 1 is 1.11 bits per heavy atom. The van der Waals surface area contributed by atoms with Crippen LogP contribution in [0.1, 0.15) is 107 Å². The van der Waals surface area contributed by atoms with Gasteiger partial charge in [0.1, 0.15) is 17.6 Å². The SMILES string of the molecule is CCC(=O)[C@@]1(C)C[C@@H](OC(C)=O)CC[C@]1(C)C(C)(C)CC[C@]1(C)C(OS(=O)(=O)C(F)(F)F)=CCC1(C)C. The third-order valence-electron chi connectivity index (χ3n) is 10.2. The van der Waals surface area contributed by atoms with Crippen LogP contribution in [-0.4, -0.2) is 31.8 Å². The monoisotopic (exact) mass is 552 g/mol. The largest absolute Gasteiger partial charge is 0.534 e. The van der Waals surface area contributed by atoms with E-state index >= 15 is 0 Å². The molecule has 0 aromatic rings. The Labute approximate surface area is 219 Å². The molecule has 0 aromatic heterocycles. The van der Waals surface area contributed by atoms with E-state index in [9.17, 15) is 31.2 Å². The van der Waals surface area contributed by atoms with Gasteiger partial charge in [-0.25, -0.2) is 0 Å². The first kappa shape index (κ1) is 31.6. The maximum atomic E-state index is 13.4. The van der Waals surface area contributed by atoms with Crippen molar-refractivity contribution in [2.75, 3.05) is 0 Å². The van der Waals surface area contributed by atoms with Crippen LogP contribution in [-0.2, 0) is 28.6 Å². The summed E-state index contributed by atoms with van der Waals surface area (Å²) in [6.45, 7) is 16.8. The Morgan fingerprint density at radius 3 is 2.16 bits per heavy atom. The van der Waals surface area contributed by atoms with Crippen molar-refractivity contribution in [3.63, 3.8) is 0 Å². The van der Waals surface area contributed by atoms with Crippen molar-refractivity contribution in [2.45, 2.75) is 119 Å². The van der Waals surface area contributed by atoms with Gasteiger partial charge in [-0.1, -0.05) is 55.4 Å². The van der Waals surface area contributed by atoms with Crippen molar-refractivity contribution in [3.05, 3.63) is 11.8 Å². The summed E-state index contributed by atoms with van der Waals surface area (Å²) < 4.78 is 73.2. The first-order valence-corrected chi connectivity index (χ1v) is 14.3. The normalized spacial score (nSPS) is 32.5. The van der Waals surface area contributed by atoms with Gasteiger partial charge in [-0.2, -0.15) is 21.6 Å². The zero-order valence-electron chi connectivity index (χ0n) is 23.6. The molecule has 0 N–H and O–H groups in total. The van der Waals surface area contributed by atoms with E-state index in [4.69, 9.17) is 8.92 Å². The molecule has 0 aromatic carbocycles. The quantitative estimate of drug-likeness (QED) is 0.172. The first-order chi connectivity index (χ1) is 16.5. The summed E-state index contributed by atoms with van der Waals surface area (Å²) in [5, 5.41) is 0. The van der Waals surface area contributed by atoms with Crippen LogP contribution in [0.4, 0.5) is 13.2 Å². The van der Waals surface area contributed by atoms with E-state index < -0.39 is 42.7 Å². The molecule has 0 radical (unpaired) electrons. The molecule has 2 rings (SSSR count).